The van der Waals surface area contributed by atoms with Crippen molar-refractivity contribution in [2.75, 3.05) is 0 Å². The van der Waals surface area contributed by atoms with E-state index in [9.17, 15) is 0 Å². The summed E-state index contributed by atoms with van der Waals surface area (Å²) in [6.07, 6.45) is 1.69. The highest BCUT2D eigenvalue weighted by atomic mass is 15.1. The van der Waals surface area contributed by atoms with Crippen LogP contribution in [-0.2, 0) is 6.54 Å². The lowest BCUT2D eigenvalue weighted by Crippen LogP contribution is -2.30. The molecule has 1 aromatic heterocycles. The molecule has 1 aromatic rings. The van der Waals surface area contributed by atoms with Crippen molar-refractivity contribution in [3.05, 3.63) is 24.0 Å². The van der Waals surface area contributed by atoms with Gasteiger partial charge >= 0.3 is 0 Å². The summed E-state index contributed by atoms with van der Waals surface area (Å²) in [5.74, 6) is 0.650. The van der Waals surface area contributed by atoms with Gasteiger partial charge in [-0.25, -0.2) is 0 Å². The molecule has 1 unspecified atom stereocenters. The first kappa shape index (κ1) is 10.1. The summed E-state index contributed by atoms with van der Waals surface area (Å²) >= 11 is 0. The molecule has 1 atom stereocenters. The van der Waals surface area contributed by atoms with E-state index in [1.807, 2.05) is 12.1 Å². The van der Waals surface area contributed by atoms with Gasteiger partial charge in [0.2, 0.25) is 0 Å². The van der Waals surface area contributed by atoms with Crippen molar-refractivity contribution < 1.29 is 0 Å². The molecule has 3 heteroatoms. The Balaban J connectivity index is 2.35. The van der Waals surface area contributed by atoms with Crippen LogP contribution in [-0.4, -0.2) is 16.2 Å². The Morgan fingerprint density at radius 1 is 1.38 bits per heavy atom. The van der Waals surface area contributed by atoms with Gasteiger partial charge in [-0.1, -0.05) is 13.8 Å². The Morgan fingerprint density at radius 3 is 2.69 bits per heavy atom. The third kappa shape index (κ3) is 3.51. The molecule has 0 radical (unpaired) electrons. The van der Waals surface area contributed by atoms with Gasteiger partial charge in [0, 0.05) is 18.8 Å². The smallest absolute Gasteiger partial charge is 0.0769 e. The van der Waals surface area contributed by atoms with E-state index in [1.165, 1.54) is 0 Å². The van der Waals surface area contributed by atoms with Crippen LogP contribution in [0.4, 0.5) is 0 Å². The highest BCUT2D eigenvalue weighted by Crippen LogP contribution is 2.00. The van der Waals surface area contributed by atoms with E-state index < -0.39 is 0 Å². The minimum atomic E-state index is 0.516. The van der Waals surface area contributed by atoms with Gasteiger partial charge in [-0.05, 0) is 25.0 Å². The third-order valence-corrected chi connectivity index (χ3v) is 2.23. The summed E-state index contributed by atoms with van der Waals surface area (Å²) in [4.78, 5) is 0. The number of rotatable bonds is 4. The second-order valence-corrected chi connectivity index (χ2v) is 3.63. The van der Waals surface area contributed by atoms with Crippen molar-refractivity contribution in [2.24, 2.45) is 5.92 Å². The molecule has 0 saturated carbocycles. The van der Waals surface area contributed by atoms with Gasteiger partial charge < -0.3 is 5.32 Å². The zero-order valence-corrected chi connectivity index (χ0v) is 8.49. The van der Waals surface area contributed by atoms with Gasteiger partial charge in [-0.3, -0.25) is 0 Å². The van der Waals surface area contributed by atoms with E-state index in [4.69, 9.17) is 0 Å². The van der Waals surface area contributed by atoms with E-state index in [0.29, 0.717) is 12.0 Å². The molecule has 0 spiro atoms. The molecule has 0 aromatic carbocycles. The van der Waals surface area contributed by atoms with Gasteiger partial charge in [0.25, 0.3) is 0 Å². The largest absolute Gasteiger partial charge is 0.308 e. The number of nitrogens with zero attached hydrogens (tertiary/aromatic N) is 2. The number of aromatic nitrogens is 2. The van der Waals surface area contributed by atoms with Gasteiger partial charge in [0.1, 0.15) is 0 Å². The van der Waals surface area contributed by atoms with Crippen molar-refractivity contribution >= 4 is 0 Å². The summed E-state index contributed by atoms with van der Waals surface area (Å²) in [6.45, 7) is 7.39. The van der Waals surface area contributed by atoms with Crippen LogP contribution >= 0.6 is 0 Å². The second-order valence-electron chi connectivity index (χ2n) is 3.63. The Bertz CT molecular complexity index is 233. The number of hydrogen-bond donors (Lipinski definition) is 1. The average Bonchev–Trinajstić information content (AvgIpc) is 2.15. The Morgan fingerprint density at radius 2 is 2.15 bits per heavy atom. The fourth-order valence-corrected chi connectivity index (χ4v) is 0.929. The van der Waals surface area contributed by atoms with Crippen LogP contribution < -0.4 is 5.32 Å². The van der Waals surface area contributed by atoms with E-state index in [-0.39, 0.29) is 0 Å². The van der Waals surface area contributed by atoms with Crippen LogP contribution in [0, 0.1) is 5.92 Å². The molecule has 0 aliphatic carbocycles. The monoisotopic (exact) mass is 179 g/mol. The SMILES string of the molecule is CC(C)C(C)NCc1cccnn1. The Hall–Kier alpha value is -0.960. The lowest BCUT2D eigenvalue weighted by Gasteiger charge is -2.16. The van der Waals surface area contributed by atoms with Gasteiger partial charge in [0.05, 0.1) is 5.69 Å². The summed E-state index contributed by atoms with van der Waals surface area (Å²) in [5.41, 5.74) is 0.995. The summed E-state index contributed by atoms with van der Waals surface area (Å²) < 4.78 is 0. The topological polar surface area (TPSA) is 37.8 Å². The molecule has 3 nitrogen and oxygen atoms in total. The van der Waals surface area contributed by atoms with E-state index in [1.54, 1.807) is 6.20 Å². The molecule has 13 heavy (non-hydrogen) atoms. The van der Waals surface area contributed by atoms with Crippen LogP contribution in [0.15, 0.2) is 18.3 Å². The zero-order chi connectivity index (χ0) is 9.68. The minimum absolute atomic E-state index is 0.516. The molecular formula is C10H17N3. The summed E-state index contributed by atoms with van der Waals surface area (Å²) in [6, 6.07) is 4.40. The lowest BCUT2D eigenvalue weighted by atomic mass is 10.1. The molecule has 0 fully saturated rings. The average molecular weight is 179 g/mol. The molecule has 0 aliphatic heterocycles. The predicted octanol–water partition coefficient (Wildman–Crippen LogP) is 1.61. The number of hydrogen-bond acceptors (Lipinski definition) is 3. The third-order valence-electron chi connectivity index (χ3n) is 2.23. The Kier molecular flexibility index (Phi) is 3.83. The first-order valence-electron chi connectivity index (χ1n) is 4.70. The lowest BCUT2D eigenvalue weighted by molar-refractivity contribution is 0.423. The van der Waals surface area contributed by atoms with Crippen molar-refractivity contribution in [1.82, 2.24) is 15.5 Å². The fraction of sp³-hybridized carbons (Fsp3) is 0.600. The van der Waals surface area contributed by atoms with Crippen molar-refractivity contribution in [3.8, 4) is 0 Å². The minimum Gasteiger partial charge on any atom is -0.308 e. The number of nitrogens with one attached hydrogen (secondary N) is 1. The van der Waals surface area contributed by atoms with E-state index >= 15 is 0 Å². The van der Waals surface area contributed by atoms with Gasteiger partial charge in [0.15, 0.2) is 0 Å². The van der Waals surface area contributed by atoms with Crippen LogP contribution in [0.1, 0.15) is 26.5 Å². The Labute approximate surface area is 79.6 Å². The van der Waals surface area contributed by atoms with Crippen molar-refractivity contribution in [1.29, 1.82) is 0 Å². The maximum Gasteiger partial charge on any atom is 0.0769 e. The fourth-order valence-electron chi connectivity index (χ4n) is 0.929. The quantitative estimate of drug-likeness (QED) is 0.763. The molecule has 0 aliphatic rings. The molecule has 0 saturated heterocycles. The first-order chi connectivity index (χ1) is 6.20. The van der Waals surface area contributed by atoms with Gasteiger partial charge in [-0.2, -0.15) is 10.2 Å². The molecule has 1 heterocycles. The maximum atomic E-state index is 4.00. The molecular weight excluding hydrogens is 162 g/mol. The molecule has 0 amide bonds. The van der Waals surface area contributed by atoms with Crippen molar-refractivity contribution in [2.45, 2.75) is 33.4 Å². The van der Waals surface area contributed by atoms with E-state index in [0.717, 1.165) is 12.2 Å². The molecule has 1 rings (SSSR count). The zero-order valence-electron chi connectivity index (χ0n) is 8.49. The first-order valence-corrected chi connectivity index (χ1v) is 4.70. The normalized spacial score (nSPS) is 13.2. The molecule has 1 N–H and O–H groups in total. The van der Waals surface area contributed by atoms with Gasteiger partial charge in [-0.15, -0.1) is 0 Å². The molecule has 72 valence electrons. The highest BCUT2D eigenvalue weighted by molar-refractivity contribution is 4.98. The highest BCUT2D eigenvalue weighted by Gasteiger charge is 2.05. The van der Waals surface area contributed by atoms with Crippen LogP contribution in [0.2, 0.25) is 0 Å². The summed E-state index contributed by atoms with van der Waals surface area (Å²) in [7, 11) is 0. The predicted molar refractivity (Wildman–Crippen MR) is 53.2 cm³/mol. The van der Waals surface area contributed by atoms with Crippen molar-refractivity contribution in [3.63, 3.8) is 0 Å². The van der Waals surface area contributed by atoms with Crippen LogP contribution in [0.25, 0.3) is 0 Å². The summed E-state index contributed by atoms with van der Waals surface area (Å²) in [5, 5.41) is 11.2. The van der Waals surface area contributed by atoms with E-state index in [2.05, 4.69) is 36.3 Å². The maximum absolute atomic E-state index is 4.00. The standard InChI is InChI=1S/C10H17N3/c1-8(2)9(3)11-7-10-5-4-6-12-13-10/h4-6,8-9,11H,7H2,1-3H3. The van der Waals surface area contributed by atoms with Crippen LogP contribution in [0.3, 0.4) is 0 Å². The molecule has 0 bridgehead atoms. The second kappa shape index (κ2) is 4.92. The van der Waals surface area contributed by atoms with Crippen LogP contribution in [0.5, 0.6) is 0 Å².